The van der Waals surface area contributed by atoms with Crippen LogP contribution >= 0.6 is 11.8 Å². The summed E-state index contributed by atoms with van der Waals surface area (Å²) in [7, 11) is 0. The molecule has 0 unspecified atom stereocenters. The first-order valence-corrected chi connectivity index (χ1v) is 8.07. The molecule has 1 saturated carbocycles. The SMILES string of the molecule is C[C@H](Sc1nnc(C2CC2)o1)c1nc2ccccc2c(=O)[nH]1. The van der Waals surface area contributed by atoms with E-state index in [-0.39, 0.29) is 10.8 Å². The van der Waals surface area contributed by atoms with E-state index in [4.69, 9.17) is 4.42 Å². The average molecular weight is 314 g/mol. The third kappa shape index (κ3) is 2.52. The van der Waals surface area contributed by atoms with E-state index < -0.39 is 0 Å². The molecule has 1 atom stereocenters. The van der Waals surface area contributed by atoms with Crippen LogP contribution in [0.5, 0.6) is 0 Å². The first kappa shape index (κ1) is 13.5. The van der Waals surface area contributed by atoms with Gasteiger partial charge in [0.05, 0.1) is 16.2 Å². The zero-order valence-corrected chi connectivity index (χ0v) is 12.8. The molecule has 3 aromatic rings. The molecule has 4 rings (SSSR count). The van der Waals surface area contributed by atoms with Crippen LogP contribution in [0.4, 0.5) is 0 Å². The fraction of sp³-hybridized carbons (Fsp3) is 0.333. The van der Waals surface area contributed by atoms with Gasteiger partial charge in [-0.25, -0.2) is 4.98 Å². The Bertz CT molecular complexity index is 884. The summed E-state index contributed by atoms with van der Waals surface area (Å²) in [6.07, 6.45) is 2.25. The van der Waals surface area contributed by atoms with Gasteiger partial charge in [0.15, 0.2) is 0 Å². The third-order valence-corrected chi connectivity index (χ3v) is 4.59. The topological polar surface area (TPSA) is 84.7 Å². The number of aromatic nitrogens is 4. The van der Waals surface area contributed by atoms with Crippen LogP contribution in [0.1, 0.15) is 42.6 Å². The average Bonchev–Trinajstić information content (AvgIpc) is 3.27. The van der Waals surface area contributed by atoms with Crippen LogP contribution < -0.4 is 5.56 Å². The molecule has 1 aliphatic carbocycles. The Hall–Kier alpha value is -2.15. The lowest BCUT2D eigenvalue weighted by Crippen LogP contribution is -2.12. The van der Waals surface area contributed by atoms with Crippen LogP contribution in [0, 0.1) is 0 Å². The summed E-state index contributed by atoms with van der Waals surface area (Å²) < 4.78 is 5.64. The summed E-state index contributed by atoms with van der Waals surface area (Å²) in [5.41, 5.74) is 0.565. The van der Waals surface area contributed by atoms with E-state index in [0.29, 0.717) is 27.9 Å². The summed E-state index contributed by atoms with van der Waals surface area (Å²) in [4.78, 5) is 19.5. The van der Waals surface area contributed by atoms with Crippen molar-refractivity contribution in [3.63, 3.8) is 0 Å². The lowest BCUT2D eigenvalue weighted by Gasteiger charge is -2.08. The standard InChI is InChI=1S/C15H14N4O2S/c1-8(22-15-19-18-14(21-15)9-6-7-9)12-16-11-5-3-2-4-10(11)13(20)17-12/h2-5,8-9H,6-7H2,1H3,(H,16,17,20)/t8-/m0/s1. The number of H-pyrrole nitrogens is 1. The maximum atomic E-state index is 12.1. The number of nitrogens with zero attached hydrogens (tertiary/aromatic N) is 3. The summed E-state index contributed by atoms with van der Waals surface area (Å²) in [5, 5.41) is 9.15. The van der Waals surface area contributed by atoms with Crippen molar-refractivity contribution in [2.75, 3.05) is 0 Å². The van der Waals surface area contributed by atoms with E-state index in [9.17, 15) is 4.79 Å². The molecule has 0 aliphatic heterocycles. The van der Waals surface area contributed by atoms with Gasteiger partial charge in [0.1, 0.15) is 5.82 Å². The van der Waals surface area contributed by atoms with Crippen LogP contribution in [0.15, 0.2) is 38.7 Å². The van der Waals surface area contributed by atoms with E-state index in [0.717, 1.165) is 18.7 Å². The highest BCUT2D eigenvalue weighted by Gasteiger charge is 2.29. The van der Waals surface area contributed by atoms with Gasteiger partial charge in [0, 0.05) is 5.92 Å². The van der Waals surface area contributed by atoms with Crippen molar-refractivity contribution in [3.8, 4) is 0 Å². The predicted octanol–water partition coefficient (Wildman–Crippen LogP) is 3.04. The van der Waals surface area contributed by atoms with Gasteiger partial charge in [-0.1, -0.05) is 23.9 Å². The highest BCUT2D eigenvalue weighted by atomic mass is 32.2. The van der Waals surface area contributed by atoms with E-state index >= 15 is 0 Å². The highest BCUT2D eigenvalue weighted by Crippen LogP contribution is 2.41. The minimum absolute atomic E-state index is 0.0789. The van der Waals surface area contributed by atoms with Gasteiger partial charge in [-0.2, -0.15) is 0 Å². The number of aromatic amines is 1. The van der Waals surface area contributed by atoms with Gasteiger partial charge in [-0.05, 0) is 31.9 Å². The Morgan fingerprint density at radius 2 is 2.14 bits per heavy atom. The molecule has 1 fully saturated rings. The maximum absolute atomic E-state index is 12.1. The molecule has 0 saturated heterocycles. The highest BCUT2D eigenvalue weighted by molar-refractivity contribution is 7.99. The van der Waals surface area contributed by atoms with Crippen molar-refractivity contribution in [3.05, 3.63) is 46.3 Å². The lowest BCUT2D eigenvalue weighted by molar-refractivity contribution is 0.413. The van der Waals surface area contributed by atoms with Crippen LogP contribution in [-0.2, 0) is 0 Å². The lowest BCUT2D eigenvalue weighted by atomic mass is 10.2. The van der Waals surface area contributed by atoms with Gasteiger partial charge in [-0.3, -0.25) is 4.79 Å². The molecule has 1 N–H and O–H groups in total. The number of nitrogens with one attached hydrogen (secondary N) is 1. The summed E-state index contributed by atoms with van der Waals surface area (Å²) in [6.45, 7) is 1.96. The number of thioether (sulfide) groups is 1. The van der Waals surface area contributed by atoms with Crippen LogP contribution in [-0.4, -0.2) is 20.2 Å². The Kier molecular flexibility index (Phi) is 3.22. The fourth-order valence-electron chi connectivity index (χ4n) is 2.27. The Balaban J connectivity index is 1.61. The molecule has 1 aromatic carbocycles. The monoisotopic (exact) mass is 314 g/mol. The first-order chi connectivity index (χ1) is 10.7. The molecule has 0 radical (unpaired) electrons. The summed E-state index contributed by atoms with van der Waals surface area (Å²) in [5.74, 6) is 1.77. The number of fused-ring (bicyclic) bond motifs is 1. The van der Waals surface area contributed by atoms with Crippen molar-refractivity contribution in [1.29, 1.82) is 0 Å². The zero-order valence-electron chi connectivity index (χ0n) is 11.9. The molecule has 22 heavy (non-hydrogen) atoms. The van der Waals surface area contributed by atoms with Crippen molar-refractivity contribution in [2.45, 2.75) is 36.2 Å². The van der Waals surface area contributed by atoms with Crippen molar-refractivity contribution in [2.24, 2.45) is 0 Å². The molecule has 112 valence electrons. The van der Waals surface area contributed by atoms with Gasteiger partial charge in [-0.15, -0.1) is 10.2 Å². The second-order valence-electron chi connectivity index (χ2n) is 5.41. The van der Waals surface area contributed by atoms with Gasteiger partial charge >= 0.3 is 0 Å². The summed E-state index contributed by atoms with van der Waals surface area (Å²) in [6, 6.07) is 7.30. The smallest absolute Gasteiger partial charge is 0.277 e. The minimum Gasteiger partial charge on any atom is -0.416 e. The van der Waals surface area contributed by atoms with E-state index in [1.807, 2.05) is 25.1 Å². The predicted molar refractivity (Wildman–Crippen MR) is 82.9 cm³/mol. The Labute approximate surface area is 130 Å². The number of para-hydroxylation sites is 1. The zero-order chi connectivity index (χ0) is 15.1. The molecule has 7 heteroatoms. The minimum atomic E-state index is -0.128. The quantitative estimate of drug-likeness (QED) is 0.745. The van der Waals surface area contributed by atoms with Crippen LogP contribution in [0.2, 0.25) is 0 Å². The molecule has 0 bridgehead atoms. The maximum Gasteiger partial charge on any atom is 0.277 e. The van der Waals surface area contributed by atoms with Crippen LogP contribution in [0.25, 0.3) is 10.9 Å². The van der Waals surface area contributed by atoms with Crippen molar-refractivity contribution >= 4 is 22.7 Å². The van der Waals surface area contributed by atoms with E-state index in [1.165, 1.54) is 11.8 Å². The molecule has 0 spiro atoms. The number of rotatable bonds is 4. The van der Waals surface area contributed by atoms with E-state index in [1.54, 1.807) is 6.07 Å². The Morgan fingerprint density at radius 3 is 2.95 bits per heavy atom. The molecule has 2 heterocycles. The summed E-state index contributed by atoms with van der Waals surface area (Å²) >= 11 is 1.41. The second-order valence-corrected chi connectivity index (χ2v) is 6.70. The molecular formula is C15H14N4O2S. The van der Waals surface area contributed by atoms with Crippen molar-refractivity contribution in [1.82, 2.24) is 20.2 Å². The third-order valence-electron chi connectivity index (χ3n) is 3.64. The number of hydrogen-bond donors (Lipinski definition) is 1. The fourth-order valence-corrected chi connectivity index (χ4v) is 3.01. The van der Waals surface area contributed by atoms with Gasteiger partial charge in [0.25, 0.3) is 10.8 Å². The second kappa shape index (κ2) is 5.24. The Morgan fingerprint density at radius 1 is 1.32 bits per heavy atom. The van der Waals surface area contributed by atoms with Gasteiger partial charge in [0.2, 0.25) is 5.89 Å². The number of benzene rings is 1. The van der Waals surface area contributed by atoms with Crippen molar-refractivity contribution < 1.29 is 4.42 Å². The van der Waals surface area contributed by atoms with Crippen LogP contribution in [0.3, 0.4) is 0 Å². The largest absolute Gasteiger partial charge is 0.416 e. The van der Waals surface area contributed by atoms with Gasteiger partial charge < -0.3 is 9.40 Å². The first-order valence-electron chi connectivity index (χ1n) is 7.20. The normalized spacial score (nSPS) is 16.0. The number of hydrogen-bond acceptors (Lipinski definition) is 6. The van der Waals surface area contributed by atoms with E-state index in [2.05, 4.69) is 20.2 Å². The molecule has 1 aliphatic rings. The molecule has 2 aromatic heterocycles. The molecular weight excluding hydrogens is 300 g/mol. The molecule has 6 nitrogen and oxygen atoms in total. The molecule has 0 amide bonds.